The standard InChI is InChI=1S/C17H11Br2ClN2O3S/c18-11-9-16(17(19)21-10-11)22-26(23,24)15-7-5-14(6-8-15)25-13-3-1-12(20)2-4-13/h1-10,22H. The van der Waals surface area contributed by atoms with E-state index >= 15 is 0 Å². The van der Waals surface area contributed by atoms with Gasteiger partial charge in [0.15, 0.2) is 0 Å². The van der Waals surface area contributed by atoms with Gasteiger partial charge in [-0.3, -0.25) is 4.72 Å². The second kappa shape index (κ2) is 7.96. The number of pyridine rings is 1. The third-order valence-electron chi connectivity index (χ3n) is 3.23. The number of hydrogen-bond donors (Lipinski definition) is 1. The summed E-state index contributed by atoms with van der Waals surface area (Å²) in [6.45, 7) is 0. The van der Waals surface area contributed by atoms with Crippen LogP contribution in [0.4, 0.5) is 5.69 Å². The molecule has 9 heteroatoms. The Labute approximate surface area is 172 Å². The summed E-state index contributed by atoms with van der Waals surface area (Å²) >= 11 is 12.3. The number of nitrogens with zero attached hydrogens (tertiary/aromatic N) is 1. The summed E-state index contributed by atoms with van der Waals surface area (Å²) in [6.07, 6.45) is 1.56. The minimum absolute atomic E-state index is 0.104. The summed E-state index contributed by atoms with van der Waals surface area (Å²) in [6, 6.07) is 14.6. The van der Waals surface area contributed by atoms with Gasteiger partial charge < -0.3 is 4.74 Å². The molecule has 0 fully saturated rings. The molecule has 26 heavy (non-hydrogen) atoms. The average Bonchev–Trinajstić information content (AvgIpc) is 2.60. The van der Waals surface area contributed by atoms with Crippen LogP contribution in [0.5, 0.6) is 11.5 Å². The van der Waals surface area contributed by atoms with Crippen LogP contribution in [0, 0.1) is 0 Å². The number of hydrogen-bond acceptors (Lipinski definition) is 4. The van der Waals surface area contributed by atoms with Crippen LogP contribution in [0.15, 0.2) is 74.8 Å². The van der Waals surface area contributed by atoms with Crippen LogP contribution in [-0.4, -0.2) is 13.4 Å². The summed E-state index contributed by atoms with van der Waals surface area (Å²) in [5, 5.41) is 0.609. The van der Waals surface area contributed by atoms with Gasteiger partial charge in [0, 0.05) is 15.7 Å². The minimum atomic E-state index is -3.76. The molecule has 3 aromatic rings. The Balaban J connectivity index is 1.78. The van der Waals surface area contributed by atoms with Crippen LogP contribution in [0.25, 0.3) is 0 Å². The topological polar surface area (TPSA) is 68.3 Å². The first kappa shape index (κ1) is 19.2. The maximum atomic E-state index is 12.5. The van der Waals surface area contributed by atoms with Gasteiger partial charge in [0.1, 0.15) is 16.1 Å². The molecule has 0 spiro atoms. The lowest BCUT2D eigenvalue weighted by Gasteiger charge is -2.11. The molecule has 0 aliphatic rings. The highest BCUT2D eigenvalue weighted by Crippen LogP contribution is 2.28. The van der Waals surface area contributed by atoms with Crippen molar-refractivity contribution < 1.29 is 13.2 Å². The van der Waals surface area contributed by atoms with E-state index in [0.717, 1.165) is 0 Å². The van der Waals surface area contributed by atoms with Crippen LogP contribution in [0.2, 0.25) is 5.02 Å². The Morgan fingerprint density at radius 3 is 2.15 bits per heavy atom. The van der Waals surface area contributed by atoms with Crippen molar-refractivity contribution >= 4 is 59.2 Å². The van der Waals surface area contributed by atoms with E-state index in [2.05, 4.69) is 41.6 Å². The van der Waals surface area contributed by atoms with Gasteiger partial charge in [0.25, 0.3) is 10.0 Å². The first-order valence-electron chi connectivity index (χ1n) is 7.21. The molecule has 0 aliphatic heterocycles. The molecule has 1 aromatic heterocycles. The van der Waals surface area contributed by atoms with Gasteiger partial charge in [-0.15, -0.1) is 0 Å². The lowest BCUT2D eigenvalue weighted by Crippen LogP contribution is -2.13. The maximum absolute atomic E-state index is 12.5. The van der Waals surface area contributed by atoms with E-state index in [9.17, 15) is 8.42 Å². The highest BCUT2D eigenvalue weighted by molar-refractivity contribution is 9.11. The van der Waals surface area contributed by atoms with Crippen molar-refractivity contribution in [2.75, 3.05) is 4.72 Å². The maximum Gasteiger partial charge on any atom is 0.261 e. The van der Waals surface area contributed by atoms with E-state index in [-0.39, 0.29) is 4.90 Å². The van der Waals surface area contributed by atoms with Crippen molar-refractivity contribution in [1.29, 1.82) is 0 Å². The molecule has 0 amide bonds. The van der Waals surface area contributed by atoms with E-state index in [0.29, 0.717) is 31.3 Å². The molecule has 0 radical (unpaired) electrons. The fourth-order valence-corrected chi connectivity index (χ4v) is 3.99. The Morgan fingerprint density at radius 2 is 1.54 bits per heavy atom. The van der Waals surface area contributed by atoms with Crippen LogP contribution < -0.4 is 9.46 Å². The highest BCUT2D eigenvalue weighted by Gasteiger charge is 2.16. The van der Waals surface area contributed by atoms with Gasteiger partial charge in [0.05, 0.1) is 10.6 Å². The number of rotatable bonds is 5. The van der Waals surface area contributed by atoms with Gasteiger partial charge in [-0.2, -0.15) is 0 Å². The highest BCUT2D eigenvalue weighted by atomic mass is 79.9. The molecule has 3 rings (SSSR count). The summed E-state index contributed by atoms with van der Waals surface area (Å²) in [5.74, 6) is 1.11. The monoisotopic (exact) mass is 516 g/mol. The van der Waals surface area contributed by atoms with Gasteiger partial charge in [-0.1, -0.05) is 11.6 Å². The van der Waals surface area contributed by atoms with Crippen molar-refractivity contribution in [3.05, 3.63) is 74.9 Å². The van der Waals surface area contributed by atoms with Crippen molar-refractivity contribution in [1.82, 2.24) is 4.98 Å². The Morgan fingerprint density at radius 1 is 0.962 bits per heavy atom. The zero-order valence-corrected chi connectivity index (χ0v) is 17.7. The molecule has 2 aromatic carbocycles. The van der Waals surface area contributed by atoms with Crippen molar-refractivity contribution in [3.63, 3.8) is 0 Å². The molecule has 0 bridgehead atoms. The Kier molecular flexibility index (Phi) is 5.86. The molecule has 0 unspecified atom stereocenters. The SMILES string of the molecule is O=S(=O)(Nc1cc(Br)cnc1Br)c1ccc(Oc2ccc(Cl)cc2)cc1. The zero-order valence-electron chi connectivity index (χ0n) is 13.0. The largest absolute Gasteiger partial charge is 0.457 e. The predicted molar refractivity (Wildman–Crippen MR) is 108 cm³/mol. The number of ether oxygens (including phenoxy) is 1. The van der Waals surface area contributed by atoms with Crippen molar-refractivity contribution in [2.24, 2.45) is 0 Å². The fraction of sp³-hybridized carbons (Fsp3) is 0. The van der Waals surface area contributed by atoms with Gasteiger partial charge in [0.2, 0.25) is 0 Å². The van der Waals surface area contributed by atoms with Crippen LogP contribution in [-0.2, 0) is 10.0 Å². The average molecular weight is 519 g/mol. The second-order valence-electron chi connectivity index (χ2n) is 5.12. The molecular weight excluding hydrogens is 508 g/mol. The summed E-state index contributed by atoms with van der Waals surface area (Å²) in [7, 11) is -3.76. The van der Waals surface area contributed by atoms with Crippen LogP contribution in [0.3, 0.4) is 0 Å². The number of benzene rings is 2. The van der Waals surface area contributed by atoms with Gasteiger partial charge in [-0.25, -0.2) is 13.4 Å². The lowest BCUT2D eigenvalue weighted by atomic mass is 10.3. The number of nitrogens with one attached hydrogen (secondary N) is 1. The summed E-state index contributed by atoms with van der Waals surface area (Å²) in [5.41, 5.74) is 0.334. The molecule has 5 nitrogen and oxygen atoms in total. The van der Waals surface area contributed by atoms with E-state index in [1.807, 2.05) is 0 Å². The fourth-order valence-electron chi connectivity index (χ4n) is 2.02. The minimum Gasteiger partial charge on any atom is -0.457 e. The Bertz CT molecular complexity index is 1030. The van der Waals surface area contributed by atoms with Crippen molar-refractivity contribution in [3.8, 4) is 11.5 Å². The lowest BCUT2D eigenvalue weighted by molar-refractivity contribution is 0.482. The van der Waals surface area contributed by atoms with E-state index < -0.39 is 10.0 Å². The van der Waals surface area contributed by atoms with E-state index in [1.165, 1.54) is 12.1 Å². The number of sulfonamides is 1. The van der Waals surface area contributed by atoms with Crippen molar-refractivity contribution in [2.45, 2.75) is 4.90 Å². The predicted octanol–water partition coefficient (Wildman–Crippen LogP) is 5.85. The zero-order chi connectivity index (χ0) is 18.7. The van der Waals surface area contributed by atoms with Crippen LogP contribution >= 0.6 is 43.5 Å². The second-order valence-corrected chi connectivity index (χ2v) is 8.91. The molecular formula is C17H11Br2ClN2O3S. The van der Waals surface area contributed by atoms with Gasteiger partial charge in [-0.05, 0) is 86.5 Å². The molecule has 1 N–H and O–H groups in total. The molecule has 134 valence electrons. The Hall–Kier alpha value is -1.61. The van der Waals surface area contributed by atoms with Crippen LogP contribution in [0.1, 0.15) is 0 Å². The smallest absolute Gasteiger partial charge is 0.261 e. The first-order valence-corrected chi connectivity index (χ1v) is 10.7. The number of halogens is 3. The van der Waals surface area contributed by atoms with E-state index in [4.69, 9.17) is 16.3 Å². The third kappa shape index (κ3) is 4.76. The van der Waals surface area contributed by atoms with Gasteiger partial charge >= 0.3 is 0 Å². The first-order chi connectivity index (χ1) is 12.3. The quantitative estimate of drug-likeness (QED) is 0.430. The summed E-state index contributed by atoms with van der Waals surface area (Å²) in [4.78, 5) is 4.14. The normalized spacial score (nSPS) is 11.2. The molecule has 1 heterocycles. The molecule has 0 saturated carbocycles. The molecule has 0 aliphatic carbocycles. The molecule has 0 saturated heterocycles. The number of aromatic nitrogens is 1. The summed E-state index contributed by atoms with van der Waals surface area (Å²) < 4.78 is 34.3. The molecule has 0 atom stereocenters. The third-order valence-corrected chi connectivity index (χ3v) is 5.93. The number of anilines is 1. The van der Waals surface area contributed by atoms with E-state index in [1.54, 1.807) is 48.7 Å².